The van der Waals surface area contributed by atoms with Gasteiger partial charge in [0.15, 0.2) is 23.5 Å². The molecule has 45 heavy (non-hydrogen) atoms. The monoisotopic (exact) mass is 615 g/mol. The molecular formula is C37H45NO7. The Morgan fingerprint density at radius 2 is 1.60 bits per heavy atom. The van der Waals surface area contributed by atoms with Crippen LogP contribution in [0.1, 0.15) is 109 Å². The van der Waals surface area contributed by atoms with Gasteiger partial charge >= 0.3 is 0 Å². The molecule has 7 unspecified atom stereocenters. The van der Waals surface area contributed by atoms with E-state index in [1.54, 1.807) is 0 Å². The van der Waals surface area contributed by atoms with Crippen molar-refractivity contribution in [3.63, 3.8) is 0 Å². The first-order valence-electron chi connectivity index (χ1n) is 16.6. The number of carbonyl (C=O) groups excluding carboxylic acids is 3. The molecule has 4 aliphatic heterocycles. The fourth-order valence-corrected chi connectivity index (χ4v) is 10.7. The molecule has 2 bridgehead atoms. The smallest absolute Gasteiger partial charge is 0.231 e. The van der Waals surface area contributed by atoms with Gasteiger partial charge in [-0.1, -0.05) is 6.92 Å². The van der Waals surface area contributed by atoms with Gasteiger partial charge in [0.2, 0.25) is 5.91 Å². The molecule has 8 heteroatoms. The highest BCUT2D eigenvalue weighted by Gasteiger charge is 2.75. The molecule has 240 valence electrons. The average molecular weight is 616 g/mol. The van der Waals surface area contributed by atoms with Crippen molar-refractivity contribution in [2.75, 3.05) is 5.32 Å². The first kappa shape index (κ1) is 29.7. The van der Waals surface area contributed by atoms with Gasteiger partial charge < -0.3 is 24.6 Å². The standard InChI is InChI=1S/C37H45NO7/c1-31(2)18-23-21-16-25-22(13-19(21)14-24(23)32(3,4)44-31)26(39)15-20-9-10-36(42)28-17-27(40)29-33(5,6)45-37(28,43-29)12-11-34(36,7)35(20,8)30(41)38-25/h13,16-18,20,24,29,42H,9-12,14-15H2,1-8H3,(H,38,41). The van der Waals surface area contributed by atoms with Crippen LogP contribution in [0.25, 0.3) is 5.57 Å². The number of ketones is 2. The largest absolute Gasteiger partial charge is 0.385 e. The number of hydrogen-bond donors (Lipinski definition) is 2. The molecule has 2 saturated carbocycles. The van der Waals surface area contributed by atoms with E-state index < -0.39 is 39.5 Å². The van der Waals surface area contributed by atoms with Crippen LogP contribution in [0.15, 0.2) is 29.9 Å². The average Bonchev–Trinajstić information content (AvgIpc) is 3.40. The number of fused-ring (bicyclic) bond motifs is 9. The zero-order chi connectivity index (χ0) is 32.3. The lowest BCUT2D eigenvalue weighted by Crippen LogP contribution is -2.71. The van der Waals surface area contributed by atoms with E-state index in [9.17, 15) is 19.5 Å². The van der Waals surface area contributed by atoms with Gasteiger partial charge in [-0.15, -0.1) is 0 Å². The second-order valence-corrected chi connectivity index (χ2v) is 16.8. The molecule has 1 amide bonds. The van der Waals surface area contributed by atoms with E-state index in [0.717, 1.165) is 17.5 Å². The minimum Gasteiger partial charge on any atom is -0.385 e. The van der Waals surface area contributed by atoms with Crippen LogP contribution in [0.3, 0.4) is 0 Å². The number of amides is 1. The van der Waals surface area contributed by atoms with Crippen molar-refractivity contribution in [1.29, 1.82) is 0 Å². The highest BCUT2D eigenvalue weighted by Crippen LogP contribution is 2.70. The first-order valence-corrected chi connectivity index (χ1v) is 16.6. The van der Waals surface area contributed by atoms with Gasteiger partial charge in [-0.25, -0.2) is 0 Å². The maximum absolute atomic E-state index is 14.8. The number of anilines is 1. The van der Waals surface area contributed by atoms with Crippen molar-refractivity contribution in [3.8, 4) is 0 Å². The number of carbonyl (C=O) groups is 3. The van der Waals surface area contributed by atoms with Crippen molar-refractivity contribution in [3.05, 3.63) is 46.5 Å². The molecular weight excluding hydrogens is 570 g/mol. The second kappa shape index (κ2) is 8.43. The molecule has 1 spiro atoms. The summed E-state index contributed by atoms with van der Waals surface area (Å²) >= 11 is 0. The Hall–Kier alpha value is -2.65. The highest BCUT2D eigenvalue weighted by molar-refractivity contribution is 6.09. The predicted molar refractivity (Wildman–Crippen MR) is 167 cm³/mol. The van der Waals surface area contributed by atoms with E-state index in [0.29, 0.717) is 42.5 Å². The minimum absolute atomic E-state index is 0.00384. The number of hydrogen-bond acceptors (Lipinski definition) is 7. The summed E-state index contributed by atoms with van der Waals surface area (Å²) in [6.45, 7) is 15.9. The van der Waals surface area contributed by atoms with E-state index in [4.69, 9.17) is 14.2 Å². The van der Waals surface area contributed by atoms with E-state index in [1.807, 2.05) is 39.8 Å². The Bertz CT molecular complexity index is 1680. The molecule has 7 aliphatic rings. The zero-order valence-corrected chi connectivity index (χ0v) is 27.7. The Balaban J connectivity index is 1.22. The number of aliphatic hydroxyl groups is 1. The lowest BCUT2D eigenvalue weighted by Gasteiger charge is -2.66. The summed E-state index contributed by atoms with van der Waals surface area (Å²) in [6.07, 6.45) is 5.57. The van der Waals surface area contributed by atoms with Gasteiger partial charge in [-0.3, -0.25) is 14.4 Å². The SMILES string of the molecule is CC1(C)C=C2c3cc4c(cc3CC2C(C)(C)O1)C(=O)CC1CCC2(O)C3=CC(=O)C5OC3(CCC2(C)C1(C)C(=O)N4)OC5(C)C. The summed E-state index contributed by atoms with van der Waals surface area (Å²) in [5, 5.41) is 16.0. The normalized spacial score (nSPS) is 43.2. The van der Waals surface area contributed by atoms with E-state index in [2.05, 4.69) is 39.1 Å². The lowest BCUT2D eigenvalue weighted by atomic mass is 9.41. The summed E-state index contributed by atoms with van der Waals surface area (Å²) in [5.41, 5.74) is -0.436. The third-order valence-electron chi connectivity index (χ3n) is 13.1. The summed E-state index contributed by atoms with van der Waals surface area (Å²) in [7, 11) is 0. The summed E-state index contributed by atoms with van der Waals surface area (Å²) in [5.74, 6) is -1.76. The molecule has 3 aliphatic carbocycles. The molecule has 1 aromatic rings. The number of nitrogens with one attached hydrogen (secondary N) is 1. The topological polar surface area (TPSA) is 111 Å². The van der Waals surface area contributed by atoms with Crippen LogP contribution < -0.4 is 5.32 Å². The van der Waals surface area contributed by atoms with Crippen molar-refractivity contribution in [1.82, 2.24) is 0 Å². The predicted octanol–water partition coefficient (Wildman–Crippen LogP) is 5.70. The van der Waals surface area contributed by atoms with Crippen LogP contribution in [0.2, 0.25) is 0 Å². The summed E-state index contributed by atoms with van der Waals surface area (Å²) < 4.78 is 19.3. The molecule has 7 atom stereocenters. The Labute approximate surface area is 264 Å². The van der Waals surface area contributed by atoms with E-state index >= 15 is 0 Å². The maximum atomic E-state index is 14.8. The molecule has 0 radical (unpaired) electrons. The minimum atomic E-state index is -1.53. The van der Waals surface area contributed by atoms with Crippen molar-refractivity contribution in [2.24, 2.45) is 22.7 Å². The fourth-order valence-electron chi connectivity index (χ4n) is 10.7. The molecule has 3 fully saturated rings. The van der Waals surface area contributed by atoms with Gasteiger partial charge in [-0.05, 0) is 121 Å². The molecule has 2 N–H and O–H groups in total. The Morgan fingerprint density at radius 3 is 2.33 bits per heavy atom. The van der Waals surface area contributed by atoms with E-state index in [-0.39, 0.29) is 41.3 Å². The first-order chi connectivity index (χ1) is 20.8. The van der Waals surface area contributed by atoms with E-state index in [1.165, 1.54) is 11.6 Å². The van der Waals surface area contributed by atoms with Gasteiger partial charge in [0.1, 0.15) is 5.60 Å². The van der Waals surface area contributed by atoms with Crippen LogP contribution >= 0.6 is 0 Å². The third kappa shape index (κ3) is 3.55. The van der Waals surface area contributed by atoms with Crippen LogP contribution in [0.4, 0.5) is 5.69 Å². The zero-order valence-electron chi connectivity index (χ0n) is 27.7. The van der Waals surface area contributed by atoms with Crippen LogP contribution in [0, 0.1) is 22.7 Å². The molecule has 1 saturated heterocycles. The van der Waals surface area contributed by atoms with Gasteiger partial charge in [0.25, 0.3) is 0 Å². The lowest BCUT2D eigenvalue weighted by molar-refractivity contribution is -0.258. The Kier molecular flexibility index (Phi) is 5.57. The molecule has 4 heterocycles. The number of benzene rings is 1. The van der Waals surface area contributed by atoms with Crippen LogP contribution in [0.5, 0.6) is 0 Å². The number of Topliss-reactive ketones (excluding diaryl/α,β-unsaturated/α-hetero) is 1. The molecule has 1 aromatic carbocycles. The second-order valence-electron chi connectivity index (χ2n) is 16.8. The van der Waals surface area contributed by atoms with Gasteiger partial charge in [-0.2, -0.15) is 0 Å². The molecule has 0 aromatic heterocycles. The molecule has 8 nitrogen and oxygen atoms in total. The van der Waals surface area contributed by atoms with Gasteiger partial charge in [0.05, 0.1) is 27.9 Å². The fraction of sp³-hybridized carbons (Fsp3) is 0.649. The van der Waals surface area contributed by atoms with Crippen molar-refractivity contribution < 1.29 is 33.7 Å². The number of rotatable bonds is 0. The maximum Gasteiger partial charge on any atom is 0.231 e. The Morgan fingerprint density at radius 1 is 0.867 bits per heavy atom. The van der Waals surface area contributed by atoms with Crippen molar-refractivity contribution in [2.45, 2.75) is 128 Å². The number of ether oxygens (including phenoxy) is 3. The van der Waals surface area contributed by atoms with Crippen molar-refractivity contribution >= 4 is 28.7 Å². The quantitative estimate of drug-likeness (QED) is 0.385. The third-order valence-corrected chi connectivity index (χ3v) is 13.1. The summed E-state index contributed by atoms with van der Waals surface area (Å²) in [4.78, 5) is 42.2. The summed E-state index contributed by atoms with van der Waals surface area (Å²) in [6, 6.07) is 3.99. The molecule has 8 rings (SSSR count). The van der Waals surface area contributed by atoms with Crippen LogP contribution in [-0.4, -0.2) is 56.9 Å². The highest BCUT2D eigenvalue weighted by atomic mass is 16.8. The van der Waals surface area contributed by atoms with Crippen LogP contribution in [-0.2, 0) is 30.2 Å². The van der Waals surface area contributed by atoms with Gasteiger partial charge in [0, 0.05) is 35.3 Å².